The predicted molar refractivity (Wildman–Crippen MR) is 31.0 cm³/mol. The summed E-state index contributed by atoms with van der Waals surface area (Å²) in [4.78, 5) is 0. The van der Waals surface area contributed by atoms with Crippen LogP contribution in [-0.2, 0) is 0 Å². The van der Waals surface area contributed by atoms with Crippen molar-refractivity contribution in [3.05, 3.63) is 0 Å². The van der Waals surface area contributed by atoms with E-state index in [-0.39, 0.29) is 12.3 Å². The molecule has 0 aliphatic carbocycles. The van der Waals surface area contributed by atoms with Crippen LogP contribution in [-0.4, -0.2) is 17.4 Å². The third-order valence-corrected chi connectivity index (χ3v) is 1.40. The first-order valence-corrected chi connectivity index (χ1v) is 3.22. The van der Waals surface area contributed by atoms with E-state index in [1.54, 1.807) is 0 Å². The lowest BCUT2D eigenvalue weighted by molar-refractivity contribution is -0.130. The summed E-state index contributed by atoms with van der Waals surface area (Å²) in [5, 5.41) is -1.80. The average molecular weight is 181 g/mol. The molecule has 0 aromatic heterocycles. The van der Waals surface area contributed by atoms with Gasteiger partial charge in [-0.1, -0.05) is 0 Å². The number of alkyl halides is 5. The predicted octanol–water partition coefficient (Wildman–Crippen LogP) is 2.79. The monoisotopic (exact) mass is 180 g/mol. The molecule has 9 heavy (non-hydrogen) atoms. The van der Waals surface area contributed by atoms with Gasteiger partial charge in [0.1, 0.15) is 5.38 Å². The van der Waals surface area contributed by atoms with Gasteiger partial charge in [-0.05, 0) is 6.42 Å². The summed E-state index contributed by atoms with van der Waals surface area (Å²) in [7, 11) is 0. The van der Waals surface area contributed by atoms with E-state index in [4.69, 9.17) is 23.2 Å². The quantitative estimate of drug-likeness (QED) is 0.574. The number of halogens is 5. The van der Waals surface area contributed by atoms with E-state index < -0.39 is 11.6 Å². The van der Waals surface area contributed by atoms with E-state index in [1.807, 2.05) is 0 Å². The van der Waals surface area contributed by atoms with Crippen LogP contribution in [0.4, 0.5) is 13.2 Å². The topological polar surface area (TPSA) is 0 Å². The zero-order valence-corrected chi connectivity index (χ0v) is 5.89. The van der Waals surface area contributed by atoms with E-state index in [9.17, 15) is 13.2 Å². The van der Waals surface area contributed by atoms with E-state index in [0.717, 1.165) is 0 Å². The second kappa shape index (κ2) is 3.52. The van der Waals surface area contributed by atoms with Gasteiger partial charge < -0.3 is 0 Å². The van der Waals surface area contributed by atoms with Crippen molar-refractivity contribution < 1.29 is 13.2 Å². The molecule has 1 atom stereocenters. The summed E-state index contributed by atoms with van der Waals surface area (Å²) in [6, 6.07) is 0. The Balaban J connectivity index is 3.59. The van der Waals surface area contributed by atoms with Gasteiger partial charge in [0.15, 0.2) is 0 Å². The highest BCUT2D eigenvalue weighted by molar-refractivity contribution is 6.22. The average Bonchev–Trinajstić information content (AvgIpc) is 1.64. The van der Waals surface area contributed by atoms with Crippen LogP contribution in [0.1, 0.15) is 6.42 Å². The zero-order valence-electron chi connectivity index (χ0n) is 4.38. The lowest BCUT2D eigenvalue weighted by Gasteiger charge is -2.10. The molecule has 0 bridgehead atoms. The lowest BCUT2D eigenvalue weighted by Crippen LogP contribution is -2.23. The van der Waals surface area contributed by atoms with Crippen molar-refractivity contribution in [3.63, 3.8) is 0 Å². The summed E-state index contributed by atoms with van der Waals surface area (Å²) in [5.74, 6) is -0.0618. The number of hydrogen-bond donors (Lipinski definition) is 0. The van der Waals surface area contributed by atoms with Crippen LogP contribution >= 0.6 is 23.2 Å². The maximum Gasteiger partial charge on any atom is 0.404 e. The van der Waals surface area contributed by atoms with Crippen molar-refractivity contribution in [1.29, 1.82) is 0 Å². The minimum atomic E-state index is -4.31. The van der Waals surface area contributed by atoms with Crippen molar-refractivity contribution >= 4 is 23.2 Å². The second-order valence-electron chi connectivity index (χ2n) is 1.49. The first-order chi connectivity index (χ1) is 3.98. The van der Waals surface area contributed by atoms with E-state index in [2.05, 4.69) is 0 Å². The molecule has 5 heteroatoms. The van der Waals surface area contributed by atoms with Crippen LogP contribution in [0.25, 0.3) is 0 Å². The highest BCUT2D eigenvalue weighted by Crippen LogP contribution is 2.27. The molecule has 0 amide bonds. The van der Waals surface area contributed by atoms with E-state index >= 15 is 0 Å². The van der Waals surface area contributed by atoms with Gasteiger partial charge in [0.05, 0.1) is 0 Å². The Hall–Kier alpha value is 0.370. The number of rotatable bonds is 2. The molecule has 0 aliphatic rings. The maximum absolute atomic E-state index is 11.4. The van der Waals surface area contributed by atoms with Crippen molar-refractivity contribution in [2.45, 2.75) is 18.0 Å². The van der Waals surface area contributed by atoms with Gasteiger partial charge >= 0.3 is 6.18 Å². The molecule has 0 N–H and O–H groups in total. The molecule has 0 nitrogen and oxygen atoms in total. The van der Waals surface area contributed by atoms with Crippen molar-refractivity contribution in [2.75, 3.05) is 5.88 Å². The lowest BCUT2D eigenvalue weighted by atomic mass is 10.3. The fraction of sp³-hybridized carbons (Fsp3) is 1.00. The van der Waals surface area contributed by atoms with Gasteiger partial charge in [-0.2, -0.15) is 13.2 Å². The van der Waals surface area contributed by atoms with Crippen molar-refractivity contribution in [2.24, 2.45) is 0 Å². The Kier molecular flexibility index (Phi) is 3.66. The molecule has 0 aromatic carbocycles. The van der Waals surface area contributed by atoms with Gasteiger partial charge in [-0.15, -0.1) is 23.2 Å². The third-order valence-electron chi connectivity index (χ3n) is 0.718. The molecule has 0 spiro atoms. The van der Waals surface area contributed by atoms with Crippen molar-refractivity contribution in [3.8, 4) is 0 Å². The van der Waals surface area contributed by atoms with Crippen LogP contribution < -0.4 is 0 Å². The highest BCUT2D eigenvalue weighted by Gasteiger charge is 2.37. The third kappa shape index (κ3) is 3.87. The van der Waals surface area contributed by atoms with Gasteiger partial charge in [0.25, 0.3) is 0 Å². The first-order valence-electron chi connectivity index (χ1n) is 2.25. The molecule has 0 saturated carbocycles. The normalized spacial score (nSPS) is 15.7. The van der Waals surface area contributed by atoms with Crippen LogP contribution in [0.3, 0.4) is 0 Å². The Morgan fingerprint density at radius 2 is 1.78 bits per heavy atom. The van der Waals surface area contributed by atoms with Crippen molar-refractivity contribution in [1.82, 2.24) is 0 Å². The minimum Gasteiger partial charge on any atom is -0.169 e. The second-order valence-corrected chi connectivity index (χ2v) is 2.39. The zero-order chi connectivity index (χ0) is 7.49. The fourth-order valence-corrected chi connectivity index (χ4v) is 0.698. The van der Waals surface area contributed by atoms with E-state index in [1.165, 1.54) is 0 Å². The molecule has 0 rings (SSSR count). The van der Waals surface area contributed by atoms with Crippen LogP contribution in [0.5, 0.6) is 0 Å². The Bertz CT molecular complexity index is 80.4. The van der Waals surface area contributed by atoms with Gasteiger partial charge in [-0.25, -0.2) is 0 Å². The highest BCUT2D eigenvalue weighted by atomic mass is 35.5. The molecule has 0 saturated heterocycles. The Labute approximate surface area is 60.9 Å². The molecule has 0 heterocycles. The summed E-state index contributed by atoms with van der Waals surface area (Å²) in [5.41, 5.74) is 0. The molecule has 0 radical (unpaired) electrons. The fourth-order valence-electron chi connectivity index (χ4n) is 0.259. The molecular weight excluding hydrogens is 176 g/mol. The Morgan fingerprint density at radius 1 is 1.33 bits per heavy atom. The smallest absolute Gasteiger partial charge is 0.169 e. The largest absolute Gasteiger partial charge is 0.404 e. The SMILES string of the molecule is FC(F)(F)C(Cl)CCCl. The van der Waals surface area contributed by atoms with Gasteiger partial charge in [0.2, 0.25) is 0 Å². The Morgan fingerprint density at radius 3 is 1.89 bits per heavy atom. The van der Waals surface area contributed by atoms with Crippen LogP contribution in [0.15, 0.2) is 0 Å². The maximum atomic E-state index is 11.4. The molecule has 1 unspecified atom stereocenters. The molecule has 0 aliphatic heterocycles. The van der Waals surface area contributed by atoms with Gasteiger partial charge in [-0.3, -0.25) is 0 Å². The summed E-state index contributed by atoms with van der Waals surface area (Å²) in [6.45, 7) is 0. The molecular formula is C4H5Cl2F3. The molecule has 0 aromatic rings. The number of hydrogen-bond acceptors (Lipinski definition) is 0. The van der Waals surface area contributed by atoms with Crippen LogP contribution in [0.2, 0.25) is 0 Å². The summed E-state index contributed by atoms with van der Waals surface area (Å²) < 4.78 is 34.3. The molecule has 56 valence electrons. The van der Waals surface area contributed by atoms with E-state index in [0.29, 0.717) is 0 Å². The summed E-state index contributed by atoms with van der Waals surface area (Å²) in [6.07, 6.45) is -4.54. The summed E-state index contributed by atoms with van der Waals surface area (Å²) >= 11 is 9.87. The first kappa shape index (κ1) is 9.37. The molecule has 0 fully saturated rings. The van der Waals surface area contributed by atoms with Gasteiger partial charge in [0, 0.05) is 5.88 Å². The standard InChI is InChI=1S/C4H5Cl2F3/c5-2-1-3(6)4(7,8)9/h3H,1-2H2. The minimum absolute atomic E-state index is 0.0618. The van der Waals surface area contributed by atoms with Crippen LogP contribution in [0, 0.1) is 0 Å².